The highest BCUT2D eigenvalue weighted by atomic mass is 14.2. The van der Waals surface area contributed by atoms with Crippen molar-refractivity contribution in [3.05, 3.63) is 42.0 Å². The minimum Gasteiger partial charge on any atom is -0.0952 e. The number of hydrogen-bond acceptors (Lipinski definition) is 0. The molecular weight excluding hydrogens is 192 g/mol. The van der Waals surface area contributed by atoms with Crippen LogP contribution in [0.25, 0.3) is 5.57 Å². The van der Waals surface area contributed by atoms with E-state index in [0.29, 0.717) is 11.3 Å². The molecule has 0 bridgehead atoms. The normalized spacial score (nSPS) is 11.9. The first kappa shape index (κ1) is 13.0. The molecule has 1 aromatic rings. The monoisotopic (exact) mass is 216 g/mol. The summed E-state index contributed by atoms with van der Waals surface area (Å²) in [5.74, 6) is 0.563. The third-order valence-electron chi connectivity index (χ3n) is 2.71. The second-order valence-electron chi connectivity index (χ2n) is 6.08. The molecule has 0 fully saturated rings. The van der Waals surface area contributed by atoms with Crippen LogP contribution in [-0.4, -0.2) is 0 Å². The van der Waals surface area contributed by atoms with E-state index in [1.807, 2.05) is 0 Å². The van der Waals surface area contributed by atoms with Gasteiger partial charge in [0.1, 0.15) is 0 Å². The quantitative estimate of drug-likeness (QED) is 0.646. The van der Waals surface area contributed by atoms with Gasteiger partial charge in [0, 0.05) is 0 Å². The standard InChI is InChI=1S/C16H24/c1-12(2)14-9-7-8-10-15(14)13(3)11-16(4,5)6/h7-10,12H,3,11H2,1-2,4-6H3. The van der Waals surface area contributed by atoms with Crippen LogP contribution in [0, 0.1) is 5.41 Å². The molecule has 0 heterocycles. The molecule has 0 N–H and O–H groups in total. The Hall–Kier alpha value is -1.04. The van der Waals surface area contributed by atoms with Crippen LogP contribution in [0.2, 0.25) is 0 Å². The van der Waals surface area contributed by atoms with Crippen LogP contribution in [-0.2, 0) is 0 Å². The van der Waals surface area contributed by atoms with Crippen LogP contribution in [0.1, 0.15) is 58.1 Å². The van der Waals surface area contributed by atoms with Crippen molar-refractivity contribution in [3.63, 3.8) is 0 Å². The summed E-state index contributed by atoms with van der Waals surface area (Å²) < 4.78 is 0. The maximum absolute atomic E-state index is 4.25. The first-order valence-electron chi connectivity index (χ1n) is 6.08. The third-order valence-corrected chi connectivity index (χ3v) is 2.71. The second-order valence-corrected chi connectivity index (χ2v) is 6.08. The van der Waals surface area contributed by atoms with Crippen LogP contribution in [0.5, 0.6) is 0 Å². The Labute approximate surface area is 100 Å². The molecule has 0 unspecified atom stereocenters. The fourth-order valence-corrected chi connectivity index (χ4v) is 2.06. The Morgan fingerprint density at radius 1 is 1.19 bits per heavy atom. The van der Waals surface area contributed by atoms with Crippen LogP contribution in [0.15, 0.2) is 30.8 Å². The van der Waals surface area contributed by atoms with Crippen LogP contribution >= 0.6 is 0 Å². The third kappa shape index (κ3) is 3.52. The van der Waals surface area contributed by atoms with E-state index in [9.17, 15) is 0 Å². The Bertz CT molecular complexity index is 364. The van der Waals surface area contributed by atoms with E-state index in [-0.39, 0.29) is 0 Å². The molecule has 88 valence electrons. The van der Waals surface area contributed by atoms with Crippen LogP contribution in [0.4, 0.5) is 0 Å². The number of rotatable bonds is 3. The topological polar surface area (TPSA) is 0 Å². The van der Waals surface area contributed by atoms with Gasteiger partial charge in [0.05, 0.1) is 0 Å². The number of allylic oxidation sites excluding steroid dienone is 1. The first-order valence-corrected chi connectivity index (χ1v) is 6.08. The predicted molar refractivity (Wildman–Crippen MR) is 73.6 cm³/mol. The minimum atomic E-state index is 0.307. The Morgan fingerprint density at radius 2 is 1.75 bits per heavy atom. The zero-order valence-corrected chi connectivity index (χ0v) is 11.3. The molecule has 0 aliphatic carbocycles. The van der Waals surface area contributed by atoms with E-state index < -0.39 is 0 Å². The molecule has 1 rings (SSSR count). The molecule has 0 saturated carbocycles. The molecular formula is C16H24. The highest BCUT2D eigenvalue weighted by Gasteiger charge is 2.15. The summed E-state index contributed by atoms with van der Waals surface area (Å²) in [5, 5.41) is 0. The molecule has 0 spiro atoms. The van der Waals surface area contributed by atoms with Crippen molar-refractivity contribution in [2.24, 2.45) is 5.41 Å². The summed E-state index contributed by atoms with van der Waals surface area (Å²) in [6, 6.07) is 8.63. The van der Waals surface area contributed by atoms with Crippen molar-refractivity contribution in [2.75, 3.05) is 0 Å². The smallest absolute Gasteiger partial charge is 0.0196 e. The van der Waals surface area contributed by atoms with E-state index in [1.165, 1.54) is 16.7 Å². The van der Waals surface area contributed by atoms with Gasteiger partial charge in [-0.2, -0.15) is 0 Å². The average Bonchev–Trinajstić information content (AvgIpc) is 2.15. The van der Waals surface area contributed by atoms with E-state index in [4.69, 9.17) is 0 Å². The molecule has 0 aromatic heterocycles. The summed E-state index contributed by atoms with van der Waals surface area (Å²) in [6.45, 7) is 15.5. The number of hydrogen-bond donors (Lipinski definition) is 0. The zero-order chi connectivity index (χ0) is 12.3. The predicted octanol–water partition coefficient (Wildman–Crippen LogP) is 5.26. The van der Waals surface area contributed by atoms with Gasteiger partial charge < -0.3 is 0 Å². The van der Waals surface area contributed by atoms with Gasteiger partial charge in [0.15, 0.2) is 0 Å². The zero-order valence-electron chi connectivity index (χ0n) is 11.3. The van der Waals surface area contributed by atoms with Crippen molar-refractivity contribution in [1.29, 1.82) is 0 Å². The van der Waals surface area contributed by atoms with Crippen molar-refractivity contribution >= 4 is 5.57 Å². The van der Waals surface area contributed by atoms with Gasteiger partial charge in [0.2, 0.25) is 0 Å². The minimum absolute atomic E-state index is 0.307. The summed E-state index contributed by atoms with van der Waals surface area (Å²) in [5.41, 5.74) is 4.32. The van der Waals surface area contributed by atoms with Crippen molar-refractivity contribution in [3.8, 4) is 0 Å². The molecule has 0 heteroatoms. The van der Waals surface area contributed by atoms with E-state index in [0.717, 1.165) is 6.42 Å². The second kappa shape index (κ2) is 4.86. The van der Waals surface area contributed by atoms with Crippen LogP contribution < -0.4 is 0 Å². The van der Waals surface area contributed by atoms with Gasteiger partial charge in [-0.1, -0.05) is 65.5 Å². The maximum Gasteiger partial charge on any atom is -0.0196 e. The summed E-state index contributed by atoms with van der Waals surface area (Å²) in [7, 11) is 0. The molecule has 0 aliphatic heterocycles. The fourth-order valence-electron chi connectivity index (χ4n) is 2.06. The summed E-state index contributed by atoms with van der Waals surface area (Å²) in [4.78, 5) is 0. The summed E-state index contributed by atoms with van der Waals surface area (Å²) in [6.07, 6.45) is 1.05. The molecule has 0 saturated heterocycles. The first-order chi connectivity index (χ1) is 7.31. The molecule has 0 aliphatic rings. The van der Waals surface area contributed by atoms with E-state index >= 15 is 0 Å². The maximum atomic E-state index is 4.25. The van der Waals surface area contributed by atoms with E-state index in [1.54, 1.807) is 0 Å². The van der Waals surface area contributed by atoms with Crippen molar-refractivity contribution < 1.29 is 0 Å². The molecule has 0 amide bonds. The highest BCUT2D eigenvalue weighted by Crippen LogP contribution is 2.32. The highest BCUT2D eigenvalue weighted by molar-refractivity contribution is 5.67. The molecule has 0 nitrogen and oxygen atoms in total. The van der Waals surface area contributed by atoms with Gasteiger partial charge >= 0.3 is 0 Å². The molecule has 0 atom stereocenters. The SMILES string of the molecule is C=C(CC(C)(C)C)c1ccccc1C(C)C. The van der Waals surface area contributed by atoms with Gasteiger partial charge in [0.25, 0.3) is 0 Å². The Kier molecular flexibility index (Phi) is 3.96. The molecule has 1 aromatic carbocycles. The lowest BCUT2D eigenvalue weighted by Gasteiger charge is -2.22. The molecule has 0 radical (unpaired) electrons. The van der Waals surface area contributed by atoms with E-state index in [2.05, 4.69) is 65.5 Å². The lowest BCUT2D eigenvalue weighted by atomic mass is 9.83. The summed E-state index contributed by atoms with van der Waals surface area (Å²) >= 11 is 0. The van der Waals surface area contributed by atoms with Crippen LogP contribution in [0.3, 0.4) is 0 Å². The lowest BCUT2D eigenvalue weighted by molar-refractivity contribution is 0.427. The van der Waals surface area contributed by atoms with Gasteiger partial charge in [-0.25, -0.2) is 0 Å². The lowest BCUT2D eigenvalue weighted by Crippen LogP contribution is -2.06. The van der Waals surface area contributed by atoms with Gasteiger partial charge in [-0.15, -0.1) is 0 Å². The van der Waals surface area contributed by atoms with Crippen molar-refractivity contribution in [2.45, 2.75) is 47.0 Å². The Morgan fingerprint density at radius 3 is 2.25 bits per heavy atom. The largest absolute Gasteiger partial charge is 0.0952 e. The fraction of sp³-hybridized carbons (Fsp3) is 0.500. The molecule has 16 heavy (non-hydrogen) atoms. The average molecular weight is 216 g/mol. The number of benzene rings is 1. The van der Waals surface area contributed by atoms with Gasteiger partial charge in [-0.3, -0.25) is 0 Å². The van der Waals surface area contributed by atoms with Gasteiger partial charge in [-0.05, 0) is 34.5 Å². The van der Waals surface area contributed by atoms with Crippen molar-refractivity contribution in [1.82, 2.24) is 0 Å². The Balaban J connectivity index is 3.00.